The zero-order valence-corrected chi connectivity index (χ0v) is 12.0. The van der Waals surface area contributed by atoms with Gasteiger partial charge in [-0.3, -0.25) is 14.7 Å². The van der Waals surface area contributed by atoms with Crippen LogP contribution in [-0.2, 0) is 4.79 Å². The van der Waals surface area contributed by atoms with E-state index in [2.05, 4.69) is 20.3 Å². The Morgan fingerprint density at radius 3 is 2.79 bits per heavy atom. The molecule has 1 aliphatic heterocycles. The van der Waals surface area contributed by atoms with E-state index in [-0.39, 0.29) is 11.2 Å². The van der Waals surface area contributed by atoms with Gasteiger partial charge in [-0.2, -0.15) is 0 Å². The molecule has 0 bridgehead atoms. The average Bonchev–Trinajstić information content (AvgIpc) is 2.80. The minimum Gasteiger partial charge on any atom is -0.341 e. The molecule has 19 heavy (non-hydrogen) atoms. The van der Waals surface area contributed by atoms with Crippen LogP contribution < -0.4 is 5.32 Å². The molecule has 0 saturated carbocycles. The number of hydrogen-bond donors (Lipinski definition) is 1. The quantitative estimate of drug-likeness (QED) is 0.821. The monoisotopic (exact) mass is 279 g/mol. The van der Waals surface area contributed by atoms with Crippen molar-refractivity contribution < 1.29 is 4.79 Å². The van der Waals surface area contributed by atoms with E-state index < -0.39 is 5.54 Å². The van der Waals surface area contributed by atoms with Crippen molar-refractivity contribution in [3.05, 3.63) is 24.3 Å². The van der Waals surface area contributed by atoms with E-state index in [1.54, 1.807) is 24.0 Å². The highest BCUT2D eigenvalue weighted by Gasteiger charge is 2.46. The van der Waals surface area contributed by atoms with E-state index in [0.29, 0.717) is 12.5 Å². The summed E-state index contributed by atoms with van der Waals surface area (Å²) >= 11 is 1.47. The highest BCUT2D eigenvalue weighted by molar-refractivity contribution is 8.12. The molecule has 0 spiro atoms. The van der Waals surface area contributed by atoms with Gasteiger partial charge >= 0.3 is 0 Å². The molecule has 2 unspecified atom stereocenters. The largest absolute Gasteiger partial charge is 0.341 e. The van der Waals surface area contributed by atoms with E-state index in [9.17, 15) is 4.79 Å². The molecule has 0 aromatic carbocycles. The SMILES string of the molecule is CN(C)CNC(=O)C1(C)N=CSC1c1ncccn1. The van der Waals surface area contributed by atoms with Gasteiger partial charge in [-0.05, 0) is 27.1 Å². The molecular formula is C12H17N5OS. The van der Waals surface area contributed by atoms with Crippen molar-refractivity contribution in [3.63, 3.8) is 0 Å². The van der Waals surface area contributed by atoms with Gasteiger partial charge in [-0.25, -0.2) is 9.97 Å². The topological polar surface area (TPSA) is 70.5 Å². The molecule has 2 rings (SSSR count). The summed E-state index contributed by atoms with van der Waals surface area (Å²) in [4.78, 5) is 27.0. The van der Waals surface area contributed by atoms with Gasteiger partial charge in [-0.15, -0.1) is 0 Å². The molecule has 2 atom stereocenters. The standard InChI is InChI=1S/C12H17N5OS/c1-12(11(18)15-7-17(2)3)9(19-8-16-12)10-13-5-4-6-14-10/h4-6,8-9H,7H2,1-3H3,(H,15,18). The maximum absolute atomic E-state index is 12.3. The minimum absolute atomic E-state index is 0.111. The minimum atomic E-state index is -0.859. The number of amides is 1. The summed E-state index contributed by atoms with van der Waals surface area (Å²) in [6.45, 7) is 2.30. The Labute approximate surface area is 116 Å². The van der Waals surface area contributed by atoms with Crippen LogP contribution >= 0.6 is 11.8 Å². The Kier molecular flexibility index (Phi) is 4.16. The number of aliphatic imine (C=N–C) groups is 1. The lowest BCUT2D eigenvalue weighted by molar-refractivity contribution is -0.126. The molecule has 102 valence electrons. The van der Waals surface area contributed by atoms with Gasteiger partial charge in [0.1, 0.15) is 11.1 Å². The zero-order valence-electron chi connectivity index (χ0n) is 11.2. The number of carbonyl (C=O) groups excluding carboxylic acids is 1. The van der Waals surface area contributed by atoms with Crippen molar-refractivity contribution in [1.82, 2.24) is 20.2 Å². The molecule has 0 saturated heterocycles. The van der Waals surface area contributed by atoms with Crippen LogP contribution in [0.2, 0.25) is 0 Å². The Morgan fingerprint density at radius 1 is 1.47 bits per heavy atom. The molecule has 0 aliphatic carbocycles. The van der Waals surface area contributed by atoms with E-state index in [1.165, 1.54) is 11.8 Å². The van der Waals surface area contributed by atoms with Crippen LogP contribution in [0.3, 0.4) is 0 Å². The lowest BCUT2D eigenvalue weighted by Crippen LogP contribution is -2.47. The number of hydrogen-bond acceptors (Lipinski definition) is 6. The first-order chi connectivity index (χ1) is 9.04. The first kappa shape index (κ1) is 14.0. The van der Waals surface area contributed by atoms with Gasteiger partial charge in [0.2, 0.25) is 5.91 Å². The summed E-state index contributed by atoms with van der Waals surface area (Å²) < 4.78 is 0. The van der Waals surface area contributed by atoms with Crippen LogP contribution in [0.25, 0.3) is 0 Å². The van der Waals surface area contributed by atoms with Crippen LogP contribution in [0.4, 0.5) is 0 Å². The Hall–Kier alpha value is -1.47. The summed E-state index contributed by atoms with van der Waals surface area (Å²) in [5.41, 5.74) is 0.846. The second-order valence-electron chi connectivity index (χ2n) is 4.75. The average molecular weight is 279 g/mol. The molecule has 1 amide bonds. The fourth-order valence-electron chi connectivity index (χ4n) is 1.75. The maximum atomic E-state index is 12.3. The number of rotatable bonds is 4. The predicted octanol–water partition coefficient (Wildman–Crippen LogP) is 0.687. The van der Waals surface area contributed by atoms with E-state index in [0.717, 1.165) is 0 Å². The molecule has 1 aliphatic rings. The molecule has 2 heterocycles. The van der Waals surface area contributed by atoms with Crippen LogP contribution in [0.5, 0.6) is 0 Å². The number of carbonyl (C=O) groups is 1. The number of nitrogens with zero attached hydrogens (tertiary/aromatic N) is 4. The van der Waals surface area contributed by atoms with Gasteiger partial charge in [-0.1, -0.05) is 11.8 Å². The molecule has 1 N–H and O–H groups in total. The first-order valence-electron chi connectivity index (χ1n) is 5.93. The maximum Gasteiger partial charge on any atom is 0.250 e. The lowest BCUT2D eigenvalue weighted by Gasteiger charge is -2.26. The number of thioether (sulfide) groups is 1. The van der Waals surface area contributed by atoms with Crippen molar-refractivity contribution in [2.45, 2.75) is 17.7 Å². The summed E-state index contributed by atoms with van der Waals surface area (Å²) in [5.74, 6) is 0.521. The highest BCUT2D eigenvalue weighted by atomic mass is 32.2. The van der Waals surface area contributed by atoms with E-state index in [4.69, 9.17) is 0 Å². The molecule has 6 nitrogen and oxygen atoms in total. The van der Waals surface area contributed by atoms with Crippen LogP contribution in [-0.4, -0.2) is 52.6 Å². The van der Waals surface area contributed by atoms with Crippen molar-refractivity contribution in [2.24, 2.45) is 4.99 Å². The van der Waals surface area contributed by atoms with Gasteiger partial charge < -0.3 is 5.32 Å². The van der Waals surface area contributed by atoms with Gasteiger partial charge in [0.05, 0.1) is 12.2 Å². The van der Waals surface area contributed by atoms with Crippen LogP contribution in [0, 0.1) is 0 Å². The second-order valence-corrected chi connectivity index (χ2v) is 5.70. The third kappa shape index (κ3) is 2.93. The van der Waals surface area contributed by atoms with E-state index in [1.807, 2.05) is 25.9 Å². The number of nitrogens with one attached hydrogen (secondary N) is 1. The molecule has 1 aromatic rings. The molecule has 1 aromatic heterocycles. The number of aromatic nitrogens is 2. The van der Waals surface area contributed by atoms with Crippen LogP contribution in [0.1, 0.15) is 18.0 Å². The van der Waals surface area contributed by atoms with Crippen molar-refractivity contribution in [1.29, 1.82) is 0 Å². The predicted molar refractivity (Wildman–Crippen MR) is 76.0 cm³/mol. The normalized spacial score (nSPS) is 25.8. The third-order valence-corrected chi connectivity index (χ3v) is 4.03. The van der Waals surface area contributed by atoms with Gasteiger partial charge in [0.15, 0.2) is 5.54 Å². The Morgan fingerprint density at radius 2 is 2.16 bits per heavy atom. The van der Waals surface area contributed by atoms with Gasteiger partial charge in [0.25, 0.3) is 0 Å². The Bertz CT molecular complexity index is 478. The first-order valence-corrected chi connectivity index (χ1v) is 6.87. The molecular weight excluding hydrogens is 262 g/mol. The second kappa shape index (κ2) is 5.66. The summed E-state index contributed by atoms with van der Waals surface area (Å²) in [6.07, 6.45) is 3.36. The Balaban J connectivity index is 2.16. The summed E-state index contributed by atoms with van der Waals surface area (Å²) in [7, 11) is 3.79. The van der Waals surface area contributed by atoms with Gasteiger partial charge in [0, 0.05) is 12.4 Å². The third-order valence-electron chi connectivity index (χ3n) is 2.86. The van der Waals surface area contributed by atoms with E-state index >= 15 is 0 Å². The smallest absolute Gasteiger partial charge is 0.250 e. The summed E-state index contributed by atoms with van der Waals surface area (Å²) in [5, 5.41) is 2.68. The molecule has 7 heteroatoms. The highest BCUT2D eigenvalue weighted by Crippen LogP contribution is 2.43. The van der Waals surface area contributed by atoms with Crippen molar-refractivity contribution in [3.8, 4) is 0 Å². The molecule has 0 fully saturated rings. The lowest BCUT2D eigenvalue weighted by atomic mass is 9.96. The summed E-state index contributed by atoms with van der Waals surface area (Å²) in [6, 6.07) is 1.76. The van der Waals surface area contributed by atoms with Crippen molar-refractivity contribution in [2.75, 3.05) is 20.8 Å². The van der Waals surface area contributed by atoms with Crippen molar-refractivity contribution >= 4 is 23.2 Å². The fraction of sp³-hybridized carbons (Fsp3) is 0.500. The fourth-order valence-corrected chi connectivity index (χ4v) is 2.82. The molecule has 0 radical (unpaired) electrons. The van der Waals surface area contributed by atoms with Crippen LogP contribution in [0.15, 0.2) is 23.5 Å². The zero-order chi connectivity index (χ0) is 13.9.